The molecule has 0 bridgehead atoms. The number of carbonyl (C=O) groups is 1. The third kappa shape index (κ3) is 4.27. The molecule has 0 aromatic heterocycles. The van der Waals surface area contributed by atoms with Gasteiger partial charge in [0.05, 0.1) is 4.92 Å². The zero-order valence-corrected chi connectivity index (χ0v) is 10.3. The molecular weight excluding hydrogens is 250 g/mol. The van der Waals surface area contributed by atoms with Crippen LogP contribution in [-0.2, 0) is 4.79 Å². The van der Waals surface area contributed by atoms with E-state index in [1.165, 1.54) is 18.2 Å². The largest absolute Gasteiger partial charge is 0.481 e. The van der Waals surface area contributed by atoms with Crippen LogP contribution < -0.4 is 5.32 Å². The molecule has 0 radical (unpaired) electrons. The lowest BCUT2D eigenvalue weighted by molar-refractivity contribution is -0.385. The highest BCUT2D eigenvalue weighted by atomic mass is 16.6. The molecule has 0 saturated carbocycles. The van der Waals surface area contributed by atoms with Gasteiger partial charge in [-0.15, -0.1) is 0 Å². The van der Waals surface area contributed by atoms with Crippen LogP contribution in [0.25, 0.3) is 0 Å². The standard InChI is InChI=1S/C12H13N3O4/c1-8(4-12(16)17)7-14-10-2-3-11(15(18)19)9(5-10)6-13/h2-3,5,8,14H,4,7H2,1H3,(H,16,17). The minimum Gasteiger partial charge on any atom is -0.481 e. The second kappa shape index (κ2) is 6.35. The number of nitrogens with one attached hydrogen (secondary N) is 1. The van der Waals surface area contributed by atoms with Gasteiger partial charge in [-0.1, -0.05) is 6.92 Å². The number of carboxylic acids is 1. The van der Waals surface area contributed by atoms with Gasteiger partial charge in [-0.3, -0.25) is 14.9 Å². The van der Waals surface area contributed by atoms with Crippen molar-refractivity contribution in [3.63, 3.8) is 0 Å². The average molecular weight is 263 g/mol. The Morgan fingerprint density at radius 3 is 2.84 bits per heavy atom. The number of nitriles is 1. The number of aliphatic carboxylic acids is 1. The van der Waals surface area contributed by atoms with Crippen molar-refractivity contribution in [2.24, 2.45) is 5.92 Å². The number of carboxylic acid groups (broad SMARTS) is 1. The number of benzene rings is 1. The van der Waals surface area contributed by atoms with Crippen molar-refractivity contribution in [1.82, 2.24) is 0 Å². The normalized spacial score (nSPS) is 11.4. The fourth-order valence-electron chi connectivity index (χ4n) is 1.56. The lowest BCUT2D eigenvalue weighted by Gasteiger charge is -2.11. The summed E-state index contributed by atoms with van der Waals surface area (Å²) in [7, 11) is 0. The predicted molar refractivity (Wildman–Crippen MR) is 67.7 cm³/mol. The summed E-state index contributed by atoms with van der Waals surface area (Å²) >= 11 is 0. The maximum atomic E-state index is 10.6. The van der Waals surface area contributed by atoms with E-state index < -0.39 is 10.9 Å². The molecule has 100 valence electrons. The maximum Gasteiger partial charge on any atom is 0.303 e. The Bertz CT molecular complexity index is 536. The minimum atomic E-state index is -0.879. The van der Waals surface area contributed by atoms with E-state index in [1.54, 1.807) is 13.0 Å². The average Bonchev–Trinajstić information content (AvgIpc) is 2.34. The van der Waals surface area contributed by atoms with Crippen LogP contribution in [0.2, 0.25) is 0 Å². The molecule has 7 heteroatoms. The van der Waals surface area contributed by atoms with Gasteiger partial charge in [0, 0.05) is 24.7 Å². The monoisotopic (exact) mass is 263 g/mol. The first-order chi connectivity index (χ1) is 8.93. The van der Waals surface area contributed by atoms with E-state index in [9.17, 15) is 14.9 Å². The van der Waals surface area contributed by atoms with Gasteiger partial charge in [0.25, 0.3) is 5.69 Å². The van der Waals surface area contributed by atoms with Gasteiger partial charge < -0.3 is 10.4 Å². The fourth-order valence-corrected chi connectivity index (χ4v) is 1.56. The molecular formula is C12H13N3O4. The van der Waals surface area contributed by atoms with Gasteiger partial charge in [-0.05, 0) is 18.1 Å². The second-order valence-corrected chi connectivity index (χ2v) is 4.18. The quantitative estimate of drug-likeness (QED) is 0.598. The summed E-state index contributed by atoms with van der Waals surface area (Å²) in [4.78, 5) is 20.5. The number of hydrogen-bond donors (Lipinski definition) is 2. The SMILES string of the molecule is CC(CNc1ccc([N+](=O)[O-])c(C#N)c1)CC(=O)O. The van der Waals surface area contributed by atoms with Crippen molar-refractivity contribution in [3.8, 4) is 6.07 Å². The van der Waals surface area contributed by atoms with E-state index in [0.29, 0.717) is 12.2 Å². The van der Waals surface area contributed by atoms with E-state index >= 15 is 0 Å². The lowest BCUT2D eigenvalue weighted by Crippen LogP contribution is -2.15. The first kappa shape index (κ1) is 14.4. The minimum absolute atomic E-state index is 0.0270. The third-order valence-corrected chi connectivity index (χ3v) is 2.49. The van der Waals surface area contributed by atoms with E-state index in [1.807, 2.05) is 0 Å². The molecule has 2 N–H and O–H groups in total. The summed E-state index contributed by atoms with van der Waals surface area (Å²) in [6.07, 6.45) is 0.0328. The highest BCUT2D eigenvalue weighted by molar-refractivity contribution is 5.67. The molecule has 0 aliphatic rings. The van der Waals surface area contributed by atoms with Crippen LogP contribution in [-0.4, -0.2) is 22.5 Å². The Balaban J connectivity index is 2.73. The van der Waals surface area contributed by atoms with Crippen molar-refractivity contribution < 1.29 is 14.8 Å². The molecule has 0 aliphatic carbocycles. The topological polar surface area (TPSA) is 116 Å². The first-order valence-electron chi connectivity index (χ1n) is 5.58. The molecule has 1 unspecified atom stereocenters. The van der Waals surface area contributed by atoms with Crippen LogP contribution in [0.4, 0.5) is 11.4 Å². The number of rotatable bonds is 6. The zero-order chi connectivity index (χ0) is 14.4. The second-order valence-electron chi connectivity index (χ2n) is 4.18. The van der Waals surface area contributed by atoms with Crippen LogP contribution in [0.3, 0.4) is 0 Å². The highest BCUT2D eigenvalue weighted by Gasteiger charge is 2.14. The van der Waals surface area contributed by atoms with Crippen LogP contribution in [0.1, 0.15) is 18.9 Å². The van der Waals surface area contributed by atoms with Crippen molar-refractivity contribution >= 4 is 17.3 Å². The van der Waals surface area contributed by atoms with Crippen LogP contribution >= 0.6 is 0 Å². The number of anilines is 1. The summed E-state index contributed by atoms with van der Waals surface area (Å²) in [5, 5.41) is 31.0. The van der Waals surface area contributed by atoms with Crippen LogP contribution in [0.5, 0.6) is 0 Å². The third-order valence-electron chi connectivity index (χ3n) is 2.49. The maximum absolute atomic E-state index is 10.6. The molecule has 19 heavy (non-hydrogen) atoms. The highest BCUT2D eigenvalue weighted by Crippen LogP contribution is 2.22. The molecule has 1 rings (SSSR count). The number of nitro groups is 1. The van der Waals surface area contributed by atoms with Crippen LogP contribution in [0, 0.1) is 27.4 Å². The van der Waals surface area contributed by atoms with Gasteiger partial charge >= 0.3 is 5.97 Å². The van der Waals surface area contributed by atoms with E-state index in [2.05, 4.69) is 5.32 Å². The molecule has 0 saturated heterocycles. The van der Waals surface area contributed by atoms with Crippen molar-refractivity contribution in [2.45, 2.75) is 13.3 Å². The van der Waals surface area contributed by atoms with E-state index in [0.717, 1.165) is 0 Å². The summed E-state index contributed by atoms with van der Waals surface area (Å²) < 4.78 is 0. The van der Waals surface area contributed by atoms with Gasteiger partial charge in [0.2, 0.25) is 0 Å². The Morgan fingerprint density at radius 1 is 1.63 bits per heavy atom. The zero-order valence-electron chi connectivity index (χ0n) is 10.3. The van der Waals surface area contributed by atoms with Gasteiger partial charge in [-0.25, -0.2) is 0 Å². The smallest absolute Gasteiger partial charge is 0.303 e. The number of nitrogens with zero attached hydrogens (tertiary/aromatic N) is 2. The number of hydrogen-bond acceptors (Lipinski definition) is 5. The fraction of sp³-hybridized carbons (Fsp3) is 0.333. The summed E-state index contributed by atoms with van der Waals surface area (Å²) in [6, 6.07) is 5.89. The Morgan fingerprint density at radius 2 is 2.32 bits per heavy atom. The lowest BCUT2D eigenvalue weighted by atomic mass is 10.1. The molecule has 0 amide bonds. The van der Waals surface area contributed by atoms with E-state index in [4.69, 9.17) is 10.4 Å². The molecule has 1 aromatic rings. The van der Waals surface area contributed by atoms with Crippen molar-refractivity contribution in [1.29, 1.82) is 5.26 Å². The van der Waals surface area contributed by atoms with Crippen molar-refractivity contribution in [3.05, 3.63) is 33.9 Å². The Kier molecular flexibility index (Phi) is 4.83. The molecule has 0 spiro atoms. The van der Waals surface area contributed by atoms with Gasteiger partial charge in [0.15, 0.2) is 0 Å². The molecule has 1 atom stereocenters. The molecule has 1 aromatic carbocycles. The first-order valence-corrected chi connectivity index (χ1v) is 5.58. The molecule has 0 aliphatic heterocycles. The molecule has 7 nitrogen and oxygen atoms in total. The summed E-state index contributed by atoms with van der Waals surface area (Å²) in [6.45, 7) is 2.19. The molecule has 0 fully saturated rings. The van der Waals surface area contributed by atoms with Gasteiger partial charge in [0.1, 0.15) is 11.6 Å². The predicted octanol–water partition coefficient (Wildman–Crippen LogP) is 1.99. The van der Waals surface area contributed by atoms with Crippen molar-refractivity contribution in [2.75, 3.05) is 11.9 Å². The Labute approximate surface area is 109 Å². The summed E-state index contributed by atoms with van der Waals surface area (Å²) in [5.74, 6) is -0.964. The van der Waals surface area contributed by atoms with Gasteiger partial charge in [-0.2, -0.15) is 5.26 Å². The Hall–Kier alpha value is -2.62. The van der Waals surface area contributed by atoms with Crippen LogP contribution in [0.15, 0.2) is 18.2 Å². The number of nitro benzene ring substituents is 1. The molecule has 0 heterocycles. The summed E-state index contributed by atoms with van der Waals surface area (Å²) in [5.41, 5.74) is 0.284. The van der Waals surface area contributed by atoms with E-state index in [-0.39, 0.29) is 23.6 Å².